The summed E-state index contributed by atoms with van der Waals surface area (Å²) in [6.07, 6.45) is 4.93. The monoisotopic (exact) mass is 444 g/mol. The number of nitrogens with one attached hydrogen (secondary N) is 1. The first kappa shape index (κ1) is 20.7. The Labute approximate surface area is 189 Å². The Bertz CT molecular complexity index is 1290. The van der Waals surface area contributed by atoms with Gasteiger partial charge >= 0.3 is 0 Å². The van der Waals surface area contributed by atoms with E-state index in [0.717, 1.165) is 30.5 Å². The zero-order valence-corrected chi connectivity index (χ0v) is 17.7. The van der Waals surface area contributed by atoms with Gasteiger partial charge in [0, 0.05) is 18.3 Å². The number of hydrogen-bond acceptors (Lipinski definition) is 6. The number of anilines is 1. The average Bonchev–Trinajstić information content (AvgIpc) is 3.32. The van der Waals surface area contributed by atoms with E-state index in [0.29, 0.717) is 40.9 Å². The van der Waals surface area contributed by atoms with Gasteiger partial charge in [0.05, 0.1) is 17.9 Å². The Morgan fingerprint density at radius 2 is 2.00 bits per heavy atom. The van der Waals surface area contributed by atoms with E-state index in [-0.39, 0.29) is 5.91 Å². The first-order valence-electron chi connectivity index (χ1n) is 10.7. The third kappa shape index (κ3) is 4.43. The molecule has 3 aromatic heterocycles. The number of aryl methyl sites for hydroxylation is 1. The highest BCUT2D eigenvalue weighted by atomic mass is 19.1. The number of benzene rings is 1. The fourth-order valence-corrected chi connectivity index (χ4v) is 3.68. The summed E-state index contributed by atoms with van der Waals surface area (Å²) in [6.45, 7) is 0.577. The highest BCUT2D eigenvalue weighted by molar-refractivity contribution is 6.06. The molecular weight excluding hydrogens is 423 g/mol. The maximum Gasteiger partial charge on any atom is 0.260 e. The molecule has 0 radical (unpaired) electrons. The third-order valence-electron chi connectivity index (χ3n) is 5.41. The first-order valence-corrected chi connectivity index (χ1v) is 10.7. The fraction of sp³-hybridized carbons (Fsp3) is 0.208. The van der Waals surface area contributed by atoms with E-state index >= 15 is 0 Å². The molecule has 1 aliphatic rings. The molecule has 1 N–H and O–H groups in total. The molecule has 0 saturated heterocycles. The third-order valence-corrected chi connectivity index (χ3v) is 5.41. The summed E-state index contributed by atoms with van der Waals surface area (Å²) in [5, 5.41) is 11.1. The molecule has 0 saturated carbocycles. The molecule has 8 nitrogen and oxygen atoms in total. The number of hydrogen-bond donors (Lipinski definition) is 1. The molecule has 5 rings (SSSR count). The van der Waals surface area contributed by atoms with E-state index < -0.39 is 6.67 Å². The lowest BCUT2D eigenvalue weighted by Crippen LogP contribution is -2.16. The number of pyridine rings is 2. The van der Waals surface area contributed by atoms with Gasteiger partial charge in [-0.15, -0.1) is 10.2 Å². The largest absolute Gasteiger partial charge is 0.493 e. The van der Waals surface area contributed by atoms with E-state index in [1.54, 1.807) is 42.9 Å². The second-order valence-electron chi connectivity index (χ2n) is 7.65. The zero-order valence-electron chi connectivity index (χ0n) is 17.7. The summed E-state index contributed by atoms with van der Waals surface area (Å²) in [4.78, 5) is 21.9. The molecule has 0 aliphatic carbocycles. The molecular formula is C24H21FN6O2. The number of carbonyl (C=O) groups excluding carboxylic acids is 1. The molecule has 4 aromatic rings. The van der Waals surface area contributed by atoms with Gasteiger partial charge in [-0.2, -0.15) is 0 Å². The van der Waals surface area contributed by atoms with Crippen molar-refractivity contribution in [3.05, 3.63) is 72.3 Å². The number of aromatic nitrogens is 5. The quantitative estimate of drug-likeness (QED) is 0.495. The van der Waals surface area contributed by atoms with Crippen LogP contribution in [0, 0.1) is 0 Å². The Morgan fingerprint density at radius 1 is 1.09 bits per heavy atom. The van der Waals surface area contributed by atoms with Crippen LogP contribution in [0.5, 0.6) is 5.75 Å². The second kappa shape index (κ2) is 9.15. The van der Waals surface area contributed by atoms with E-state index in [2.05, 4.69) is 25.5 Å². The van der Waals surface area contributed by atoms with Gasteiger partial charge in [-0.3, -0.25) is 9.78 Å². The van der Waals surface area contributed by atoms with Gasteiger partial charge in [0.25, 0.3) is 5.91 Å². The van der Waals surface area contributed by atoms with Gasteiger partial charge in [-0.05, 0) is 48.7 Å². The van der Waals surface area contributed by atoms with Crippen LogP contribution >= 0.6 is 0 Å². The minimum atomic E-state index is -0.622. The van der Waals surface area contributed by atoms with Crippen molar-refractivity contribution >= 4 is 11.7 Å². The number of rotatable bonds is 2. The molecule has 33 heavy (non-hydrogen) atoms. The Kier molecular flexibility index (Phi) is 5.75. The smallest absolute Gasteiger partial charge is 0.260 e. The predicted molar refractivity (Wildman–Crippen MR) is 120 cm³/mol. The molecule has 0 unspecified atom stereocenters. The van der Waals surface area contributed by atoms with Crippen LogP contribution in [0.1, 0.15) is 28.9 Å². The highest BCUT2D eigenvalue weighted by Gasteiger charge is 2.17. The van der Waals surface area contributed by atoms with Crippen LogP contribution in [-0.4, -0.2) is 37.2 Å². The van der Waals surface area contributed by atoms with Gasteiger partial charge in [-0.1, -0.05) is 18.2 Å². The minimum absolute atomic E-state index is 0.344. The summed E-state index contributed by atoms with van der Waals surface area (Å²) < 4.78 is 20.7. The van der Waals surface area contributed by atoms with Crippen molar-refractivity contribution in [1.82, 2.24) is 24.7 Å². The van der Waals surface area contributed by atoms with E-state index in [1.807, 2.05) is 22.8 Å². The van der Waals surface area contributed by atoms with Crippen molar-refractivity contribution in [1.29, 1.82) is 0 Å². The van der Waals surface area contributed by atoms with Crippen LogP contribution in [0.25, 0.3) is 22.6 Å². The zero-order chi connectivity index (χ0) is 22.6. The fourth-order valence-electron chi connectivity index (χ4n) is 3.68. The molecule has 4 heterocycles. The summed E-state index contributed by atoms with van der Waals surface area (Å²) in [5.74, 6) is 1.19. The number of alkyl halides is 1. The van der Waals surface area contributed by atoms with Gasteiger partial charge in [0.15, 0.2) is 5.82 Å². The van der Waals surface area contributed by atoms with E-state index in [9.17, 15) is 9.18 Å². The molecule has 9 heteroatoms. The van der Waals surface area contributed by atoms with Crippen LogP contribution in [0.2, 0.25) is 0 Å². The first-order chi connectivity index (χ1) is 16.2. The van der Waals surface area contributed by atoms with Gasteiger partial charge in [0.1, 0.15) is 30.3 Å². The number of nitrogens with zero attached hydrogens (tertiary/aromatic N) is 5. The van der Waals surface area contributed by atoms with E-state index in [1.165, 1.54) is 0 Å². The SMILES string of the molecule is O=C1Nc2cccc(n2)-c2nncn2CCCCOc2ccc(-c3ccc(CF)nc3)cc21. The van der Waals surface area contributed by atoms with Gasteiger partial charge < -0.3 is 14.6 Å². The second-order valence-corrected chi connectivity index (χ2v) is 7.65. The van der Waals surface area contributed by atoms with Crippen LogP contribution in [0.4, 0.5) is 10.2 Å². The van der Waals surface area contributed by atoms with Crippen molar-refractivity contribution in [3.63, 3.8) is 0 Å². The topological polar surface area (TPSA) is 94.8 Å². The predicted octanol–water partition coefficient (Wildman–Crippen LogP) is 4.30. The summed E-state index contributed by atoms with van der Waals surface area (Å²) in [5.41, 5.74) is 2.93. The van der Waals surface area contributed by atoms with Gasteiger partial charge in [-0.25, -0.2) is 9.37 Å². The van der Waals surface area contributed by atoms with Gasteiger partial charge in [0.2, 0.25) is 0 Å². The number of amides is 1. The van der Waals surface area contributed by atoms with Crippen molar-refractivity contribution in [2.45, 2.75) is 26.1 Å². The van der Waals surface area contributed by atoms with Crippen molar-refractivity contribution in [2.24, 2.45) is 0 Å². The van der Waals surface area contributed by atoms with Crippen LogP contribution in [-0.2, 0) is 13.2 Å². The molecule has 166 valence electrons. The summed E-state index contributed by atoms with van der Waals surface area (Å²) >= 11 is 0. The normalized spacial score (nSPS) is 13.8. The maximum atomic E-state index is 13.2. The molecule has 1 amide bonds. The minimum Gasteiger partial charge on any atom is -0.493 e. The van der Waals surface area contributed by atoms with Crippen LogP contribution in [0.15, 0.2) is 61.1 Å². The highest BCUT2D eigenvalue weighted by Crippen LogP contribution is 2.28. The number of fused-ring (bicyclic) bond motifs is 5. The summed E-state index contributed by atoms with van der Waals surface area (Å²) in [7, 11) is 0. The van der Waals surface area contributed by atoms with Crippen LogP contribution in [0.3, 0.4) is 0 Å². The standard InChI is InChI=1S/C24H21FN6O2/c25-13-18-8-6-17(14-26-18)16-7-9-21-19(12-16)24(32)29-22-5-3-4-20(28-22)23-30-27-15-31(23)10-1-2-11-33-21/h3-9,12,14-15H,1-2,10-11,13H2,(H,28,29,32). The lowest BCUT2D eigenvalue weighted by molar-refractivity contribution is 0.102. The Morgan fingerprint density at radius 3 is 2.85 bits per heavy atom. The molecule has 0 spiro atoms. The number of halogens is 1. The lowest BCUT2D eigenvalue weighted by Gasteiger charge is -2.15. The average molecular weight is 444 g/mol. The van der Waals surface area contributed by atoms with Crippen LogP contribution < -0.4 is 10.1 Å². The molecule has 0 fully saturated rings. The Hall–Kier alpha value is -4.14. The summed E-state index contributed by atoms with van der Waals surface area (Å²) in [6, 6.07) is 14.2. The van der Waals surface area contributed by atoms with Crippen molar-refractivity contribution in [3.8, 4) is 28.4 Å². The van der Waals surface area contributed by atoms with Crippen molar-refractivity contribution in [2.75, 3.05) is 11.9 Å². The molecule has 2 bridgehead atoms. The van der Waals surface area contributed by atoms with Crippen molar-refractivity contribution < 1.29 is 13.9 Å². The maximum absolute atomic E-state index is 13.2. The molecule has 0 atom stereocenters. The van der Waals surface area contributed by atoms with E-state index in [4.69, 9.17) is 4.74 Å². The Balaban J connectivity index is 1.52. The molecule has 1 aliphatic heterocycles. The lowest BCUT2D eigenvalue weighted by atomic mass is 10.0. The number of carbonyl (C=O) groups is 1. The number of ether oxygens (including phenoxy) is 1. The molecule has 1 aromatic carbocycles.